The molecule has 0 unspecified atom stereocenters. The zero-order chi connectivity index (χ0) is 17.1. The van der Waals surface area contributed by atoms with E-state index < -0.39 is 0 Å². The van der Waals surface area contributed by atoms with E-state index >= 15 is 0 Å². The first-order valence-corrected chi connectivity index (χ1v) is 8.10. The Hall–Kier alpha value is -2.46. The molecule has 0 radical (unpaired) electrons. The van der Waals surface area contributed by atoms with Crippen molar-refractivity contribution in [1.82, 2.24) is 10.1 Å². The minimum atomic E-state index is 0.0516. The van der Waals surface area contributed by atoms with Crippen molar-refractivity contribution in [3.8, 4) is 11.3 Å². The molecule has 4 nitrogen and oxygen atoms in total. The summed E-state index contributed by atoms with van der Waals surface area (Å²) in [5.41, 5.74) is 3.82. The fourth-order valence-corrected chi connectivity index (χ4v) is 2.81. The summed E-state index contributed by atoms with van der Waals surface area (Å²) in [6.07, 6.45) is 0.840. The summed E-state index contributed by atoms with van der Waals surface area (Å²) in [5.74, 6) is 0.715. The number of Topliss-reactive ketones (excluding diaryl/α,β-unsaturated/α-hetero) is 1. The second-order valence-corrected chi connectivity index (χ2v) is 6.07. The van der Waals surface area contributed by atoms with Crippen LogP contribution in [0.3, 0.4) is 0 Å². The van der Waals surface area contributed by atoms with Crippen LogP contribution >= 0.6 is 11.6 Å². The fourth-order valence-electron chi connectivity index (χ4n) is 2.58. The zero-order valence-corrected chi connectivity index (χ0v) is 14.3. The number of aromatic nitrogens is 2. The lowest BCUT2D eigenvalue weighted by Crippen LogP contribution is -2.05. The Bertz CT molecular complexity index is 887. The number of hydrogen-bond acceptors (Lipinski definition) is 4. The lowest BCUT2D eigenvalue weighted by molar-refractivity contribution is 0.0979. The molecule has 0 fully saturated rings. The van der Waals surface area contributed by atoms with E-state index in [0.29, 0.717) is 34.9 Å². The highest BCUT2D eigenvalue weighted by Crippen LogP contribution is 2.27. The molecule has 122 valence electrons. The molecule has 0 aliphatic carbocycles. The van der Waals surface area contributed by atoms with Gasteiger partial charge in [-0.2, -0.15) is 0 Å². The average molecular weight is 341 g/mol. The van der Waals surface area contributed by atoms with Gasteiger partial charge in [-0.1, -0.05) is 35.0 Å². The van der Waals surface area contributed by atoms with Crippen LogP contribution in [0.1, 0.15) is 33.9 Å². The Morgan fingerprint density at radius 1 is 1.17 bits per heavy atom. The molecule has 3 aromatic rings. The number of rotatable bonds is 5. The van der Waals surface area contributed by atoms with Crippen molar-refractivity contribution in [3.05, 3.63) is 70.2 Å². The van der Waals surface area contributed by atoms with Gasteiger partial charge >= 0.3 is 0 Å². The number of hydrogen-bond donors (Lipinski definition) is 0. The van der Waals surface area contributed by atoms with Crippen LogP contribution in [-0.4, -0.2) is 15.9 Å². The largest absolute Gasteiger partial charge is 0.361 e. The van der Waals surface area contributed by atoms with Crippen LogP contribution in [-0.2, 0) is 6.42 Å². The number of carbonyl (C=O) groups excluding carboxylic acids is 1. The smallest absolute Gasteiger partial charge is 0.165 e. The first-order valence-electron chi connectivity index (χ1n) is 7.72. The van der Waals surface area contributed by atoms with Crippen molar-refractivity contribution in [2.75, 3.05) is 0 Å². The van der Waals surface area contributed by atoms with Gasteiger partial charge in [0.15, 0.2) is 5.78 Å². The third-order valence-corrected chi connectivity index (χ3v) is 4.16. The number of ketones is 1. The maximum atomic E-state index is 12.4. The van der Waals surface area contributed by atoms with Gasteiger partial charge in [0.25, 0.3) is 0 Å². The van der Waals surface area contributed by atoms with Crippen molar-refractivity contribution in [3.63, 3.8) is 0 Å². The molecular formula is C19H17ClN2O2. The molecule has 2 aromatic heterocycles. The van der Waals surface area contributed by atoms with Crippen LogP contribution in [0.2, 0.25) is 5.02 Å². The zero-order valence-electron chi connectivity index (χ0n) is 13.5. The molecule has 0 saturated heterocycles. The van der Waals surface area contributed by atoms with Crippen molar-refractivity contribution in [2.24, 2.45) is 0 Å². The average Bonchev–Trinajstić information content (AvgIpc) is 3.02. The third kappa shape index (κ3) is 3.54. The molecule has 0 aliphatic heterocycles. The highest BCUT2D eigenvalue weighted by atomic mass is 35.5. The van der Waals surface area contributed by atoms with Gasteiger partial charge in [-0.15, -0.1) is 0 Å². The first kappa shape index (κ1) is 16.4. The summed E-state index contributed by atoms with van der Waals surface area (Å²) in [5, 5.41) is 4.66. The van der Waals surface area contributed by atoms with Crippen LogP contribution in [0.5, 0.6) is 0 Å². The van der Waals surface area contributed by atoms with Gasteiger partial charge in [0.2, 0.25) is 0 Å². The summed E-state index contributed by atoms with van der Waals surface area (Å²) in [6, 6.07) is 13.0. The summed E-state index contributed by atoms with van der Waals surface area (Å²) in [6.45, 7) is 3.76. The number of benzene rings is 1. The molecule has 24 heavy (non-hydrogen) atoms. The number of pyridine rings is 1. The van der Waals surface area contributed by atoms with Crippen LogP contribution in [0.25, 0.3) is 11.3 Å². The molecule has 2 heterocycles. The van der Waals surface area contributed by atoms with E-state index in [1.54, 1.807) is 0 Å². The van der Waals surface area contributed by atoms with E-state index in [-0.39, 0.29) is 5.78 Å². The van der Waals surface area contributed by atoms with Crippen LogP contribution in [0.4, 0.5) is 0 Å². The fraction of sp³-hybridized carbons (Fsp3) is 0.211. The highest BCUT2D eigenvalue weighted by Gasteiger charge is 2.14. The van der Waals surface area contributed by atoms with Gasteiger partial charge in [-0.3, -0.25) is 9.78 Å². The maximum Gasteiger partial charge on any atom is 0.165 e. The molecule has 0 N–H and O–H groups in total. The Kier molecular flexibility index (Phi) is 4.76. The number of halogens is 1. The van der Waals surface area contributed by atoms with Crippen molar-refractivity contribution in [2.45, 2.75) is 26.7 Å². The lowest BCUT2D eigenvalue weighted by atomic mass is 10.0. The molecule has 0 atom stereocenters. The SMILES string of the molecule is Cc1ccc(C(=O)CCc2cc(-c3ccccc3Cl)no2)c(C)n1. The van der Waals surface area contributed by atoms with E-state index in [1.165, 1.54) is 0 Å². The minimum Gasteiger partial charge on any atom is -0.361 e. The predicted molar refractivity (Wildman–Crippen MR) is 93.3 cm³/mol. The minimum absolute atomic E-state index is 0.0516. The van der Waals surface area contributed by atoms with Gasteiger partial charge in [0.05, 0.1) is 5.02 Å². The molecule has 3 rings (SSSR count). The van der Waals surface area contributed by atoms with Gasteiger partial charge in [0.1, 0.15) is 11.5 Å². The summed E-state index contributed by atoms with van der Waals surface area (Å²) >= 11 is 6.16. The Morgan fingerprint density at radius 3 is 2.71 bits per heavy atom. The molecule has 0 saturated carbocycles. The quantitative estimate of drug-likeness (QED) is 0.625. The van der Waals surface area contributed by atoms with E-state index in [4.69, 9.17) is 16.1 Å². The van der Waals surface area contributed by atoms with Crippen molar-refractivity contribution >= 4 is 17.4 Å². The van der Waals surface area contributed by atoms with Crippen LogP contribution in [0, 0.1) is 13.8 Å². The van der Waals surface area contributed by atoms with Gasteiger partial charge in [0, 0.05) is 41.4 Å². The van der Waals surface area contributed by atoms with Crippen molar-refractivity contribution < 1.29 is 9.32 Å². The first-order chi connectivity index (χ1) is 11.5. The molecule has 0 bridgehead atoms. The van der Waals surface area contributed by atoms with E-state index in [9.17, 15) is 4.79 Å². The third-order valence-electron chi connectivity index (χ3n) is 3.83. The number of carbonyl (C=O) groups is 1. The van der Waals surface area contributed by atoms with Gasteiger partial charge < -0.3 is 4.52 Å². The van der Waals surface area contributed by atoms with Gasteiger partial charge in [-0.05, 0) is 32.0 Å². The van der Waals surface area contributed by atoms with E-state index in [0.717, 1.165) is 17.0 Å². The second-order valence-electron chi connectivity index (χ2n) is 5.67. The number of nitrogens with zero attached hydrogens (tertiary/aromatic N) is 2. The van der Waals surface area contributed by atoms with E-state index in [1.807, 2.05) is 56.3 Å². The Labute approximate surface area is 145 Å². The molecular weight excluding hydrogens is 324 g/mol. The summed E-state index contributed by atoms with van der Waals surface area (Å²) in [7, 11) is 0. The Balaban J connectivity index is 1.69. The predicted octanol–water partition coefficient (Wildman–Crippen LogP) is 4.82. The standard InChI is InChI=1S/C19H17ClN2O2/c1-12-7-9-15(13(2)21-12)19(23)10-8-14-11-18(22-24-14)16-5-3-4-6-17(16)20/h3-7,9,11H,8,10H2,1-2H3. The van der Waals surface area contributed by atoms with Gasteiger partial charge in [-0.25, -0.2) is 0 Å². The topological polar surface area (TPSA) is 56.0 Å². The highest BCUT2D eigenvalue weighted by molar-refractivity contribution is 6.33. The lowest BCUT2D eigenvalue weighted by Gasteiger charge is -2.04. The normalized spacial score (nSPS) is 10.8. The molecule has 0 amide bonds. The maximum absolute atomic E-state index is 12.4. The monoisotopic (exact) mass is 340 g/mol. The molecule has 0 aliphatic rings. The second kappa shape index (κ2) is 6.97. The number of aryl methyl sites for hydroxylation is 3. The molecule has 0 spiro atoms. The van der Waals surface area contributed by atoms with Crippen LogP contribution in [0.15, 0.2) is 47.0 Å². The summed E-state index contributed by atoms with van der Waals surface area (Å²) in [4.78, 5) is 16.7. The van der Waals surface area contributed by atoms with E-state index in [2.05, 4.69) is 10.1 Å². The Morgan fingerprint density at radius 2 is 1.96 bits per heavy atom. The van der Waals surface area contributed by atoms with Crippen LogP contribution < -0.4 is 0 Å². The summed E-state index contributed by atoms with van der Waals surface area (Å²) < 4.78 is 5.33. The molecule has 5 heteroatoms. The van der Waals surface area contributed by atoms with Crippen molar-refractivity contribution in [1.29, 1.82) is 0 Å². The molecule has 1 aromatic carbocycles.